The van der Waals surface area contributed by atoms with Gasteiger partial charge in [0.25, 0.3) is 0 Å². The molecule has 1 N–H and O–H groups in total. The molecule has 6 heteroatoms. The molecule has 6 nitrogen and oxygen atoms in total. The Labute approximate surface area is 102 Å². The van der Waals surface area contributed by atoms with Gasteiger partial charge >= 0.3 is 0 Å². The average Bonchev–Trinajstić information content (AvgIpc) is 2.83. The zero-order valence-corrected chi connectivity index (χ0v) is 9.28. The lowest BCUT2D eigenvalue weighted by Crippen LogP contribution is -1.80. The molecule has 0 saturated heterocycles. The first kappa shape index (κ1) is 10.3. The van der Waals surface area contributed by atoms with Gasteiger partial charge in [-0.15, -0.1) is 0 Å². The molecule has 0 amide bonds. The molecule has 0 aliphatic heterocycles. The summed E-state index contributed by atoms with van der Waals surface area (Å²) in [7, 11) is 0. The maximum atomic E-state index is 8.40. The lowest BCUT2D eigenvalue weighted by Gasteiger charge is -1.92. The van der Waals surface area contributed by atoms with Gasteiger partial charge in [0, 0.05) is 28.6 Å². The fourth-order valence-electron chi connectivity index (χ4n) is 1.75. The topological polar surface area (TPSA) is 90.3 Å². The van der Waals surface area contributed by atoms with Gasteiger partial charge in [-0.3, -0.25) is 4.98 Å². The quantitative estimate of drug-likeness (QED) is 0.418. The number of imidazole rings is 1. The van der Waals surface area contributed by atoms with Gasteiger partial charge in [0.1, 0.15) is 5.82 Å². The van der Waals surface area contributed by atoms with Crippen molar-refractivity contribution in [1.29, 1.82) is 0 Å². The van der Waals surface area contributed by atoms with Crippen LogP contribution >= 0.6 is 0 Å². The molecule has 18 heavy (non-hydrogen) atoms. The molecule has 0 aliphatic rings. The smallest absolute Gasteiger partial charge is 0.140 e. The average molecular weight is 236 g/mol. The van der Waals surface area contributed by atoms with Crippen LogP contribution in [0.15, 0.2) is 47.8 Å². The second kappa shape index (κ2) is 4.20. The van der Waals surface area contributed by atoms with E-state index < -0.39 is 0 Å². The number of fused-ring (bicyclic) bond motifs is 1. The standard InChI is InChI=1S/C12H8N6/c13-18-17-9-3-4-10-11(6-9)16-12(15-10)8-2-1-5-14-7-8/h1-7H,(H,15,16). The molecule has 3 rings (SSSR count). The first-order valence-electron chi connectivity index (χ1n) is 5.32. The molecule has 0 radical (unpaired) electrons. The van der Waals surface area contributed by atoms with E-state index in [0.29, 0.717) is 5.69 Å². The summed E-state index contributed by atoms with van der Waals surface area (Å²) in [6, 6.07) is 9.10. The summed E-state index contributed by atoms with van der Waals surface area (Å²) < 4.78 is 0. The van der Waals surface area contributed by atoms with E-state index in [9.17, 15) is 0 Å². The number of aromatic amines is 1. The third kappa shape index (κ3) is 1.77. The second-order valence-corrected chi connectivity index (χ2v) is 3.72. The maximum Gasteiger partial charge on any atom is 0.140 e. The number of H-pyrrole nitrogens is 1. The van der Waals surface area contributed by atoms with Gasteiger partial charge in [0.2, 0.25) is 0 Å². The largest absolute Gasteiger partial charge is 0.338 e. The van der Waals surface area contributed by atoms with Gasteiger partial charge in [-0.2, -0.15) is 0 Å². The first-order valence-corrected chi connectivity index (χ1v) is 5.32. The Kier molecular flexibility index (Phi) is 2.40. The minimum Gasteiger partial charge on any atom is -0.338 e. The van der Waals surface area contributed by atoms with Crippen molar-refractivity contribution in [2.75, 3.05) is 0 Å². The number of hydrogen-bond donors (Lipinski definition) is 1. The van der Waals surface area contributed by atoms with Crippen LogP contribution in [0.4, 0.5) is 5.69 Å². The fraction of sp³-hybridized carbons (Fsp3) is 0. The molecule has 0 spiro atoms. The highest BCUT2D eigenvalue weighted by molar-refractivity contribution is 5.81. The van der Waals surface area contributed by atoms with Gasteiger partial charge < -0.3 is 4.98 Å². The SMILES string of the molecule is [N-]=[N+]=Nc1ccc2nc(-c3cccnc3)[nH]c2c1. The molecule has 0 aliphatic carbocycles. The zero-order valence-electron chi connectivity index (χ0n) is 9.28. The fourth-order valence-corrected chi connectivity index (χ4v) is 1.75. The van der Waals surface area contributed by atoms with Crippen molar-refractivity contribution in [3.63, 3.8) is 0 Å². The van der Waals surface area contributed by atoms with E-state index in [4.69, 9.17) is 5.53 Å². The molecule has 0 atom stereocenters. The highest BCUT2D eigenvalue weighted by Crippen LogP contribution is 2.23. The molecule has 0 fully saturated rings. The van der Waals surface area contributed by atoms with E-state index >= 15 is 0 Å². The summed E-state index contributed by atoms with van der Waals surface area (Å²) in [6.07, 6.45) is 3.46. The number of nitrogens with one attached hydrogen (secondary N) is 1. The predicted octanol–water partition coefficient (Wildman–Crippen LogP) is 3.57. The predicted molar refractivity (Wildman–Crippen MR) is 68.1 cm³/mol. The van der Waals surface area contributed by atoms with Crippen molar-refractivity contribution < 1.29 is 0 Å². The number of nitrogens with zero attached hydrogens (tertiary/aromatic N) is 5. The van der Waals surface area contributed by atoms with Gasteiger partial charge in [-0.1, -0.05) is 11.2 Å². The van der Waals surface area contributed by atoms with E-state index in [1.807, 2.05) is 18.2 Å². The summed E-state index contributed by atoms with van der Waals surface area (Å²) in [6.45, 7) is 0. The molecule has 2 aromatic heterocycles. The van der Waals surface area contributed by atoms with Crippen LogP contribution in [0.1, 0.15) is 0 Å². The van der Waals surface area contributed by atoms with Crippen LogP contribution in [-0.2, 0) is 0 Å². The van der Waals surface area contributed by atoms with E-state index in [0.717, 1.165) is 22.4 Å². The van der Waals surface area contributed by atoms with E-state index in [2.05, 4.69) is 25.0 Å². The Morgan fingerprint density at radius 1 is 1.28 bits per heavy atom. The van der Waals surface area contributed by atoms with Crippen molar-refractivity contribution in [3.05, 3.63) is 53.2 Å². The lowest BCUT2D eigenvalue weighted by molar-refractivity contribution is 1.27. The molecule has 3 aromatic rings. The number of aromatic nitrogens is 3. The summed E-state index contributed by atoms with van der Waals surface area (Å²) in [4.78, 5) is 14.4. The third-order valence-corrected chi connectivity index (χ3v) is 2.56. The van der Waals surface area contributed by atoms with Crippen LogP contribution in [0, 0.1) is 0 Å². The molecule has 0 unspecified atom stereocenters. The number of hydrogen-bond acceptors (Lipinski definition) is 3. The number of pyridine rings is 1. The summed E-state index contributed by atoms with van der Waals surface area (Å²) in [5.74, 6) is 0.746. The number of rotatable bonds is 2. The zero-order chi connectivity index (χ0) is 12.4. The molecular weight excluding hydrogens is 228 g/mol. The third-order valence-electron chi connectivity index (χ3n) is 2.56. The lowest BCUT2D eigenvalue weighted by atomic mass is 10.3. The van der Waals surface area contributed by atoms with Crippen molar-refractivity contribution in [2.24, 2.45) is 5.11 Å². The van der Waals surface area contributed by atoms with E-state index in [1.165, 1.54) is 0 Å². The van der Waals surface area contributed by atoms with Crippen LogP contribution in [0.3, 0.4) is 0 Å². The van der Waals surface area contributed by atoms with Crippen molar-refractivity contribution in [1.82, 2.24) is 15.0 Å². The van der Waals surface area contributed by atoms with Crippen molar-refractivity contribution >= 4 is 16.7 Å². The Balaban J connectivity index is 2.14. The van der Waals surface area contributed by atoms with Crippen LogP contribution in [-0.4, -0.2) is 15.0 Å². The van der Waals surface area contributed by atoms with Gasteiger partial charge in [-0.05, 0) is 29.8 Å². The summed E-state index contributed by atoms with van der Waals surface area (Å²) in [5, 5.41) is 3.56. The first-order chi connectivity index (χ1) is 8.86. The molecular formula is C12H8N6. The van der Waals surface area contributed by atoms with Crippen molar-refractivity contribution in [2.45, 2.75) is 0 Å². The normalized spacial score (nSPS) is 10.2. The monoisotopic (exact) mass is 236 g/mol. The van der Waals surface area contributed by atoms with Crippen LogP contribution < -0.4 is 0 Å². The maximum absolute atomic E-state index is 8.40. The molecule has 0 saturated carbocycles. The Morgan fingerprint density at radius 3 is 3.00 bits per heavy atom. The Morgan fingerprint density at radius 2 is 2.22 bits per heavy atom. The van der Waals surface area contributed by atoms with Crippen LogP contribution in [0.2, 0.25) is 0 Å². The van der Waals surface area contributed by atoms with Gasteiger partial charge in [-0.25, -0.2) is 4.98 Å². The Bertz CT molecular complexity index is 740. The summed E-state index contributed by atoms with van der Waals surface area (Å²) >= 11 is 0. The van der Waals surface area contributed by atoms with E-state index in [1.54, 1.807) is 24.5 Å². The molecule has 0 bridgehead atoms. The van der Waals surface area contributed by atoms with Crippen molar-refractivity contribution in [3.8, 4) is 11.4 Å². The van der Waals surface area contributed by atoms with Gasteiger partial charge in [0.05, 0.1) is 11.0 Å². The molecule has 86 valence electrons. The second-order valence-electron chi connectivity index (χ2n) is 3.72. The highest BCUT2D eigenvalue weighted by Gasteiger charge is 2.05. The number of benzene rings is 1. The Hall–Kier alpha value is -2.85. The van der Waals surface area contributed by atoms with Gasteiger partial charge in [0.15, 0.2) is 0 Å². The molecule has 2 heterocycles. The minimum absolute atomic E-state index is 0.561. The van der Waals surface area contributed by atoms with Crippen LogP contribution in [0.5, 0.6) is 0 Å². The number of azide groups is 1. The molecule has 1 aromatic carbocycles. The van der Waals surface area contributed by atoms with Crippen LogP contribution in [0.25, 0.3) is 32.9 Å². The minimum atomic E-state index is 0.561. The van der Waals surface area contributed by atoms with E-state index in [-0.39, 0.29) is 0 Å². The highest BCUT2D eigenvalue weighted by atomic mass is 15.1. The summed E-state index contributed by atoms with van der Waals surface area (Å²) in [5.41, 5.74) is 11.5.